The lowest BCUT2D eigenvalue weighted by Crippen LogP contribution is -1.82. The number of fused-ring (bicyclic) bond motifs is 1. The van der Waals surface area contributed by atoms with Crippen molar-refractivity contribution in [2.45, 2.75) is 0 Å². The van der Waals surface area contributed by atoms with Crippen LogP contribution in [0.1, 0.15) is 0 Å². The summed E-state index contributed by atoms with van der Waals surface area (Å²) in [7, 11) is 0. The minimum Gasteiger partial charge on any atom is -0.375 e. The van der Waals surface area contributed by atoms with Crippen LogP contribution in [0.2, 0.25) is 0 Å². The first-order valence-electron chi connectivity index (χ1n) is 4.72. The molecule has 3 aromatic rings. The topological polar surface area (TPSA) is 54.7 Å². The van der Waals surface area contributed by atoms with Crippen LogP contribution in [0.3, 0.4) is 0 Å². The molecule has 0 bridgehead atoms. The number of nitrogen functional groups attached to an aromatic ring is 1. The molecule has 0 saturated heterocycles. The van der Waals surface area contributed by atoms with Crippen LogP contribution in [-0.2, 0) is 0 Å². The van der Waals surface area contributed by atoms with Crippen molar-refractivity contribution < 1.29 is 4.39 Å². The fraction of sp³-hybridized carbons (Fsp3) is 0. The van der Waals surface area contributed by atoms with Gasteiger partial charge in [0.15, 0.2) is 5.13 Å². The van der Waals surface area contributed by atoms with Crippen molar-refractivity contribution in [3.63, 3.8) is 0 Å². The van der Waals surface area contributed by atoms with Gasteiger partial charge in [-0.2, -0.15) is 0 Å². The number of hydrogen-bond donors (Lipinski definition) is 2. The first kappa shape index (κ1) is 9.35. The third kappa shape index (κ3) is 1.37. The van der Waals surface area contributed by atoms with Crippen LogP contribution < -0.4 is 5.73 Å². The van der Waals surface area contributed by atoms with E-state index in [1.807, 2.05) is 11.6 Å². The number of H-pyrrole nitrogens is 1. The molecule has 2 heterocycles. The molecule has 0 radical (unpaired) electrons. The van der Waals surface area contributed by atoms with Crippen LogP contribution in [-0.4, -0.2) is 9.97 Å². The summed E-state index contributed by atoms with van der Waals surface area (Å²) in [5.74, 6) is -0.253. The molecule has 1 aromatic carbocycles. The van der Waals surface area contributed by atoms with E-state index in [1.54, 1.807) is 6.07 Å². The number of aromatic nitrogens is 2. The van der Waals surface area contributed by atoms with E-state index in [-0.39, 0.29) is 5.82 Å². The zero-order valence-corrected chi connectivity index (χ0v) is 9.01. The molecule has 0 aliphatic heterocycles. The average molecular weight is 233 g/mol. The van der Waals surface area contributed by atoms with Crippen molar-refractivity contribution in [1.82, 2.24) is 9.97 Å². The van der Waals surface area contributed by atoms with E-state index in [1.165, 1.54) is 23.5 Å². The second kappa shape index (κ2) is 3.31. The van der Waals surface area contributed by atoms with Gasteiger partial charge >= 0.3 is 0 Å². The Morgan fingerprint density at radius 2 is 2.25 bits per heavy atom. The molecule has 3 rings (SSSR count). The Hall–Kier alpha value is -1.88. The lowest BCUT2D eigenvalue weighted by molar-refractivity contribution is 0.630. The predicted molar refractivity (Wildman–Crippen MR) is 63.8 cm³/mol. The summed E-state index contributed by atoms with van der Waals surface area (Å²) in [5.41, 5.74) is 8.13. The van der Waals surface area contributed by atoms with Crippen LogP contribution in [0.5, 0.6) is 0 Å². The van der Waals surface area contributed by atoms with Crippen molar-refractivity contribution in [3.8, 4) is 11.3 Å². The highest BCUT2D eigenvalue weighted by molar-refractivity contribution is 7.13. The summed E-state index contributed by atoms with van der Waals surface area (Å²) in [6.07, 6.45) is 1.82. The van der Waals surface area contributed by atoms with Crippen molar-refractivity contribution in [2.24, 2.45) is 0 Å². The van der Waals surface area contributed by atoms with Gasteiger partial charge in [-0.15, -0.1) is 11.3 Å². The number of thiazole rings is 1. The van der Waals surface area contributed by atoms with Crippen LogP contribution >= 0.6 is 11.3 Å². The Kier molecular flexibility index (Phi) is 1.94. The van der Waals surface area contributed by atoms with E-state index in [2.05, 4.69) is 9.97 Å². The summed E-state index contributed by atoms with van der Waals surface area (Å²) in [4.78, 5) is 7.27. The fourth-order valence-electron chi connectivity index (χ4n) is 1.72. The van der Waals surface area contributed by atoms with Crippen molar-refractivity contribution in [3.05, 3.63) is 35.6 Å². The van der Waals surface area contributed by atoms with Crippen LogP contribution in [0, 0.1) is 5.82 Å². The number of nitrogens with zero attached hydrogens (tertiary/aromatic N) is 1. The van der Waals surface area contributed by atoms with Gasteiger partial charge < -0.3 is 10.7 Å². The Morgan fingerprint density at radius 1 is 1.38 bits per heavy atom. The molecule has 3 N–H and O–H groups in total. The molecule has 0 fully saturated rings. The highest BCUT2D eigenvalue weighted by Crippen LogP contribution is 2.30. The van der Waals surface area contributed by atoms with Gasteiger partial charge in [0.05, 0.1) is 5.69 Å². The van der Waals surface area contributed by atoms with Crippen molar-refractivity contribution >= 4 is 27.4 Å². The molecule has 0 amide bonds. The quantitative estimate of drug-likeness (QED) is 0.678. The molecule has 80 valence electrons. The van der Waals surface area contributed by atoms with E-state index in [0.29, 0.717) is 5.13 Å². The van der Waals surface area contributed by atoms with Gasteiger partial charge in [0.1, 0.15) is 5.82 Å². The van der Waals surface area contributed by atoms with Crippen LogP contribution in [0.15, 0.2) is 29.8 Å². The van der Waals surface area contributed by atoms with Gasteiger partial charge in [-0.05, 0) is 18.2 Å². The molecule has 3 nitrogen and oxygen atoms in total. The molecular weight excluding hydrogens is 225 g/mol. The molecule has 0 unspecified atom stereocenters. The lowest BCUT2D eigenvalue weighted by Gasteiger charge is -1.94. The number of benzene rings is 1. The minimum absolute atomic E-state index is 0.253. The normalized spacial score (nSPS) is 11.1. The maximum atomic E-state index is 13.2. The Morgan fingerprint density at radius 3 is 3.00 bits per heavy atom. The highest BCUT2D eigenvalue weighted by Gasteiger charge is 2.09. The van der Waals surface area contributed by atoms with Crippen molar-refractivity contribution in [1.29, 1.82) is 0 Å². The standard InChI is InChI=1S/C11H8FN3S/c12-6-1-2-9-7(3-6)8(4-14-9)10-5-16-11(13)15-10/h1-5,14H,(H2,13,15). The number of anilines is 1. The van der Waals surface area contributed by atoms with Crippen LogP contribution in [0.25, 0.3) is 22.2 Å². The van der Waals surface area contributed by atoms with E-state index in [4.69, 9.17) is 5.73 Å². The van der Waals surface area contributed by atoms with Gasteiger partial charge in [0.2, 0.25) is 0 Å². The van der Waals surface area contributed by atoms with E-state index in [9.17, 15) is 4.39 Å². The van der Waals surface area contributed by atoms with E-state index < -0.39 is 0 Å². The number of hydrogen-bond acceptors (Lipinski definition) is 3. The SMILES string of the molecule is Nc1nc(-c2c[nH]c3ccc(F)cc23)cs1. The number of halogens is 1. The van der Waals surface area contributed by atoms with E-state index in [0.717, 1.165) is 22.2 Å². The molecule has 0 spiro atoms. The maximum Gasteiger partial charge on any atom is 0.180 e. The summed E-state index contributed by atoms with van der Waals surface area (Å²) in [5, 5.41) is 3.20. The molecule has 5 heteroatoms. The number of nitrogens with two attached hydrogens (primary N) is 1. The van der Waals surface area contributed by atoms with Gasteiger partial charge in [0.25, 0.3) is 0 Å². The van der Waals surface area contributed by atoms with Gasteiger partial charge in [-0.3, -0.25) is 0 Å². The van der Waals surface area contributed by atoms with Gasteiger partial charge in [-0.25, -0.2) is 9.37 Å². The second-order valence-corrected chi connectivity index (χ2v) is 4.35. The van der Waals surface area contributed by atoms with E-state index >= 15 is 0 Å². The maximum absolute atomic E-state index is 13.2. The number of rotatable bonds is 1. The zero-order valence-electron chi connectivity index (χ0n) is 8.20. The number of nitrogens with one attached hydrogen (secondary N) is 1. The smallest absolute Gasteiger partial charge is 0.180 e. The highest BCUT2D eigenvalue weighted by atomic mass is 32.1. The Bertz CT molecular complexity index is 656. The summed E-state index contributed by atoms with van der Waals surface area (Å²) in [6, 6.07) is 4.64. The summed E-state index contributed by atoms with van der Waals surface area (Å²) in [6.45, 7) is 0. The second-order valence-electron chi connectivity index (χ2n) is 3.46. The molecule has 0 aliphatic carbocycles. The van der Waals surface area contributed by atoms with Crippen LogP contribution in [0.4, 0.5) is 9.52 Å². The predicted octanol–water partition coefficient (Wildman–Crippen LogP) is 3.01. The molecule has 0 aliphatic rings. The number of aromatic amines is 1. The summed E-state index contributed by atoms with van der Waals surface area (Å²) >= 11 is 1.37. The third-order valence-electron chi connectivity index (χ3n) is 2.44. The average Bonchev–Trinajstić information content (AvgIpc) is 2.83. The lowest BCUT2D eigenvalue weighted by atomic mass is 10.1. The van der Waals surface area contributed by atoms with Gasteiger partial charge in [-0.1, -0.05) is 0 Å². The van der Waals surface area contributed by atoms with Gasteiger partial charge in [0, 0.05) is 28.0 Å². The van der Waals surface area contributed by atoms with Crippen molar-refractivity contribution in [2.75, 3.05) is 5.73 Å². The third-order valence-corrected chi connectivity index (χ3v) is 3.12. The fourth-order valence-corrected chi connectivity index (χ4v) is 2.28. The molecule has 2 aromatic heterocycles. The minimum atomic E-state index is -0.253. The zero-order chi connectivity index (χ0) is 11.1. The molecule has 16 heavy (non-hydrogen) atoms. The molecular formula is C11H8FN3S. The first-order valence-corrected chi connectivity index (χ1v) is 5.60. The Balaban J connectivity index is 2.27. The molecule has 0 atom stereocenters. The molecule has 0 saturated carbocycles. The first-order chi connectivity index (χ1) is 7.74. The summed E-state index contributed by atoms with van der Waals surface area (Å²) < 4.78 is 13.2. The Labute approximate surface area is 94.7 Å². The largest absolute Gasteiger partial charge is 0.375 e. The monoisotopic (exact) mass is 233 g/mol.